The van der Waals surface area contributed by atoms with E-state index in [0.717, 1.165) is 23.4 Å². The van der Waals surface area contributed by atoms with Crippen LogP contribution in [0.25, 0.3) is 22.3 Å². The molecule has 0 saturated heterocycles. The SMILES string of the molecule is CCn1ncc(CN(C)C(=O)c2cc(-c3ccc(NCCNC)c(C(F)(F)F)n3)nc3ccc(C)cc23)c1C. The number of pyridine rings is 2. The number of nitrogens with zero attached hydrogens (tertiary/aromatic N) is 5. The summed E-state index contributed by atoms with van der Waals surface area (Å²) >= 11 is 0. The largest absolute Gasteiger partial charge is 0.435 e. The van der Waals surface area contributed by atoms with Gasteiger partial charge in [0, 0.05) is 49.9 Å². The second-order valence-electron chi connectivity index (χ2n) is 9.43. The summed E-state index contributed by atoms with van der Waals surface area (Å²) in [6.45, 7) is 7.70. The van der Waals surface area contributed by atoms with Gasteiger partial charge in [0.15, 0.2) is 5.69 Å². The van der Waals surface area contributed by atoms with E-state index in [-0.39, 0.29) is 23.0 Å². The van der Waals surface area contributed by atoms with Gasteiger partial charge in [-0.25, -0.2) is 9.97 Å². The third-order valence-corrected chi connectivity index (χ3v) is 6.57. The standard InChI is InChI=1S/C28H32F3N7O/c1-6-38-18(3)19(15-34-38)16-37(5)27(39)21-14-25(35-22-8-7-17(2)13-20(21)22)23-9-10-24(33-12-11-32-4)26(36-23)28(29,30)31/h7-10,13-15,32-33H,6,11-12,16H2,1-5H3. The van der Waals surface area contributed by atoms with Crippen molar-refractivity contribution in [1.29, 1.82) is 0 Å². The Morgan fingerprint density at radius 2 is 1.82 bits per heavy atom. The van der Waals surface area contributed by atoms with Crippen molar-refractivity contribution < 1.29 is 18.0 Å². The van der Waals surface area contributed by atoms with E-state index in [1.54, 1.807) is 31.3 Å². The Hall–Kier alpha value is -3.99. The van der Waals surface area contributed by atoms with Crippen molar-refractivity contribution in [3.8, 4) is 11.4 Å². The number of likely N-dealkylation sites (N-methyl/N-ethyl adjacent to an activating group) is 1. The molecule has 39 heavy (non-hydrogen) atoms. The van der Waals surface area contributed by atoms with Crippen LogP contribution >= 0.6 is 0 Å². The first-order chi connectivity index (χ1) is 18.5. The molecule has 3 aromatic heterocycles. The van der Waals surface area contributed by atoms with Crippen molar-refractivity contribution in [1.82, 2.24) is 30.0 Å². The first-order valence-electron chi connectivity index (χ1n) is 12.7. The summed E-state index contributed by atoms with van der Waals surface area (Å²) in [5.74, 6) is -0.278. The number of rotatable bonds is 9. The first-order valence-corrected chi connectivity index (χ1v) is 12.7. The van der Waals surface area contributed by atoms with Crippen molar-refractivity contribution in [3.63, 3.8) is 0 Å². The summed E-state index contributed by atoms with van der Waals surface area (Å²) in [6, 6.07) is 9.83. The number of hydrogen-bond acceptors (Lipinski definition) is 6. The van der Waals surface area contributed by atoms with Crippen LogP contribution in [0.4, 0.5) is 18.9 Å². The molecule has 3 heterocycles. The summed E-state index contributed by atoms with van der Waals surface area (Å²) in [7, 11) is 3.41. The first kappa shape index (κ1) is 28.0. The zero-order chi connectivity index (χ0) is 28.3. The van der Waals surface area contributed by atoms with E-state index in [1.165, 1.54) is 18.2 Å². The maximum Gasteiger partial charge on any atom is 0.435 e. The Bertz CT molecular complexity index is 1500. The lowest BCUT2D eigenvalue weighted by Crippen LogP contribution is -2.27. The summed E-state index contributed by atoms with van der Waals surface area (Å²) in [4.78, 5) is 23.8. The van der Waals surface area contributed by atoms with Gasteiger partial charge in [-0.3, -0.25) is 9.48 Å². The molecule has 0 aliphatic heterocycles. The van der Waals surface area contributed by atoms with Crippen LogP contribution in [-0.4, -0.2) is 57.7 Å². The van der Waals surface area contributed by atoms with E-state index in [9.17, 15) is 18.0 Å². The van der Waals surface area contributed by atoms with Crippen molar-refractivity contribution in [2.24, 2.45) is 0 Å². The molecular formula is C28H32F3N7O. The van der Waals surface area contributed by atoms with Crippen LogP contribution in [-0.2, 0) is 19.3 Å². The summed E-state index contributed by atoms with van der Waals surface area (Å²) in [5.41, 5.74) is 2.73. The molecule has 0 saturated carbocycles. The fraction of sp³-hybridized carbons (Fsp3) is 0.357. The fourth-order valence-corrected chi connectivity index (χ4v) is 4.42. The number of alkyl halides is 3. The van der Waals surface area contributed by atoms with Gasteiger partial charge in [0.2, 0.25) is 0 Å². The number of aryl methyl sites for hydroxylation is 2. The number of amides is 1. The monoisotopic (exact) mass is 539 g/mol. The van der Waals surface area contributed by atoms with Crippen LogP contribution in [0.3, 0.4) is 0 Å². The van der Waals surface area contributed by atoms with Crippen LogP contribution in [0.15, 0.2) is 42.6 Å². The second kappa shape index (κ2) is 11.4. The zero-order valence-electron chi connectivity index (χ0n) is 22.6. The van der Waals surface area contributed by atoms with Crippen molar-refractivity contribution in [2.75, 3.05) is 32.5 Å². The van der Waals surface area contributed by atoms with E-state index in [1.807, 2.05) is 37.6 Å². The molecule has 1 amide bonds. The van der Waals surface area contributed by atoms with E-state index in [4.69, 9.17) is 0 Å². The smallest absolute Gasteiger partial charge is 0.382 e. The maximum atomic E-state index is 13.9. The quantitative estimate of drug-likeness (QED) is 0.290. The number of aromatic nitrogens is 4. The Labute approximate surface area is 225 Å². The summed E-state index contributed by atoms with van der Waals surface area (Å²) in [6.07, 6.45) is -2.93. The average molecular weight is 540 g/mol. The number of hydrogen-bond donors (Lipinski definition) is 2. The van der Waals surface area contributed by atoms with Crippen molar-refractivity contribution in [3.05, 3.63) is 70.7 Å². The van der Waals surface area contributed by atoms with Gasteiger partial charge in [-0.2, -0.15) is 18.3 Å². The number of carbonyl (C=O) groups excluding carboxylic acids is 1. The van der Waals surface area contributed by atoms with Gasteiger partial charge >= 0.3 is 6.18 Å². The second-order valence-corrected chi connectivity index (χ2v) is 9.43. The molecule has 11 heteroatoms. The minimum absolute atomic E-state index is 0.0285. The number of carbonyl (C=O) groups is 1. The number of nitrogens with one attached hydrogen (secondary N) is 2. The van der Waals surface area contributed by atoms with Crippen molar-refractivity contribution >= 4 is 22.5 Å². The number of anilines is 1. The molecule has 8 nitrogen and oxygen atoms in total. The maximum absolute atomic E-state index is 13.9. The lowest BCUT2D eigenvalue weighted by molar-refractivity contribution is -0.140. The van der Waals surface area contributed by atoms with Gasteiger partial charge in [0.05, 0.1) is 34.4 Å². The van der Waals surface area contributed by atoms with Crippen LogP contribution in [0, 0.1) is 13.8 Å². The molecule has 0 aliphatic rings. The van der Waals surface area contributed by atoms with Gasteiger partial charge in [-0.15, -0.1) is 0 Å². The highest BCUT2D eigenvalue weighted by molar-refractivity contribution is 6.07. The number of benzene rings is 1. The molecule has 0 spiro atoms. The van der Waals surface area contributed by atoms with E-state index in [2.05, 4.69) is 25.7 Å². The Balaban J connectivity index is 1.77. The molecule has 1 aromatic carbocycles. The van der Waals surface area contributed by atoms with Gasteiger partial charge in [0.1, 0.15) is 0 Å². The van der Waals surface area contributed by atoms with E-state index >= 15 is 0 Å². The lowest BCUT2D eigenvalue weighted by atomic mass is 10.0. The fourth-order valence-electron chi connectivity index (χ4n) is 4.42. The Morgan fingerprint density at radius 1 is 1.05 bits per heavy atom. The van der Waals surface area contributed by atoms with Gasteiger partial charge < -0.3 is 15.5 Å². The number of halogens is 3. The Morgan fingerprint density at radius 3 is 2.49 bits per heavy atom. The highest BCUT2D eigenvalue weighted by Crippen LogP contribution is 2.35. The lowest BCUT2D eigenvalue weighted by Gasteiger charge is -2.19. The molecule has 0 radical (unpaired) electrons. The molecular weight excluding hydrogens is 507 g/mol. The van der Waals surface area contributed by atoms with Crippen LogP contribution in [0.5, 0.6) is 0 Å². The normalized spacial score (nSPS) is 11.7. The number of fused-ring (bicyclic) bond motifs is 1. The van der Waals surface area contributed by atoms with Gasteiger partial charge in [-0.05, 0) is 58.2 Å². The third-order valence-electron chi connectivity index (χ3n) is 6.57. The van der Waals surface area contributed by atoms with Crippen LogP contribution < -0.4 is 10.6 Å². The molecule has 4 aromatic rings. The predicted molar refractivity (Wildman–Crippen MR) is 146 cm³/mol. The molecule has 206 valence electrons. The summed E-state index contributed by atoms with van der Waals surface area (Å²) in [5, 5.41) is 10.6. The zero-order valence-corrected chi connectivity index (χ0v) is 22.6. The minimum Gasteiger partial charge on any atom is -0.382 e. The molecule has 0 unspecified atom stereocenters. The van der Waals surface area contributed by atoms with E-state index in [0.29, 0.717) is 36.1 Å². The average Bonchev–Trinajstić information content (AvgIpc) is 3.26. The summed E-state index contributed by atoms with van der Waals surface area (Å²) < 4.78 is 43.6. The minimum atomic E-state index is -4.67. The van der Waals surface area contributed by atoms with Gasteiger partial charge in [-0.1, -0.05) is 11.6 Å². The topological polar surface area (TPSA) is 88.0 Å². The molecule has 0 atom stereocenters. The Kier molecular flexibility index (Phi) is 8.19. The van der Waals surface area contributed by atoms with Crippen LogP contribution in [0.2, 0.25) is 0 Å². The highest BCUT2D eigenvalue weighted by Gasteiger charge is 2.36. The molecule has 0 fully saturated rings. The molecule has 0 aliphatic carbocycles. The highest BCUT2D eigenvalue weighted by atomic mass is 19.4. The van der Waals surface area contributed by atoms with Gasteiger partial charge in [0.25, 0.3) is 5.91 Å². The molecule has 2 N–H and O–H groups in total. The van der Waals surface area contributed by atoms with E-state index < -0.39 is 11.9 Å². The van der Waals surface area contributed by atoms with Crippen molar-refractivity contribution in [2.45, 2.75) is 40.0 Å². The predicted octanol–water partition coefficient (Wildman–Crippen LogP) is 5.05. The third kappa shape index (κ3) is 6.03. The molecule has 4 rings (SSSR count). The van der Waals surface area contributed by atoms with Crippen LogP contribution in [0.1, 0.15) is 39.8 Å². The molecule has 0 bridgehead atoms.